The Balaban J connectivity index is 2.42. The number of nitrogens with zero attached hydrogens (tertiary/aromatic N) is 1. The molecule has 1 unspecified atom stereocenters. The number of carbonyl (C=O) groups is 1. The van der Waals surface area contributed by atoms with Crippen molar-refractivity contribution in [2.45, 2.75) is 20.0 Å². The second-order valence-corrected chi connectivity index (χ2v) is 3.11. The van der Waals surface area contributed by atoms with E-state index in [9.17, 15) is 4.79 Å². The van der Waals surface area contributed by atoms with Gasteiger partial charge in [-0.25, -0.2) is 4.98 Å². The van der Waals surface area contributed by atoms with E-state index in [1.165, 1.54) is 0 Å². The predicted octanol–water partition coefficient (Wildman–Crippen LogP) is 1.11. The van der Waals surface area contributed by atoms with E-state index < -0.39 is 6.10 Å². The Morgan fingerprint density at radius 2 is 2.38 bits per heavy atom. The van der Waals surface area contributed by atoms with E-state index >= 15 is 0 Å². The summed E-state index contributed by atoms with van der Waals surface area (Å²) < 4.78 is 5.28. The van der Waals surface area contributed by atoms with Crippen LogP contribution in [0.3, 0.4) is 0 Å². The highest BCUT2D eigenvalue weighted by Crippen LogP contribution is 2.27. The number of nitrogens with one attached hydrogen (secondary N) is 1. The molecule has 4 heteroatoms. The van der Waals surface area contributed by atoms with Crippen molar-refractivity contribution in [3.05, 3.63) is 17.8 Å². The fourth-order valence-electron chi connectivity index (χ4n) is 1.20. The van der Waals surface area contributed by atoms with Gasteiger partial charge in [0, 0.05) is 6.20 Å². The van der Waals surface area contributed by atoms with Crippen LogP contribution in [0.25, 0.3) is 0 Å². The number of fused-ring (bicyclic) bond motifs is 1. The van der Waals surface area contributed by atoms with Crippen LogP contribution in [0.2, 0.25) is 0 Å². The van der Waals surface area contributed by atoms with E-state index in [-0.39, 0.29) is 5.91 Å². The monoisotopic (exact) mass is 178 g/mol. The fourth-order valence-corrected chi connectivity index (χ4v) is 1.20. The highest BCUT2D eigenvalue weighted by atomic mass is 16.5. The van der Waals surface area contributed by atoms with Crippen molar-refractivity contribution in [3.8, 4) is 5.88 Å². The van der Waals surface area contributed by atoms with E-state index in [0.29, 0.717) is 11.6 Å². The molecule has 1 aromatic heterocycles. The average molecular weight is 178 g/mol. The van der Waals surface area contributed by atoms with E-state index in [2.05, 4.69) is 10.3 Å². The highest BCUT2D eigenvalue weighted by molar-refractivity contribution is 5.97. The molecule has 0 bridgehead atoms. The van der Waals surface area contributed by atoms with Gasteiger partial charge >= 0.3 is 0 Å². The standard InChI is InChI=1S/C9H10N2O2/c1-5-3-7-9(10-4-5)13-6(2)8(12)11-7/h3-4,6H,1-2H3,(H,11,12). The lowest BCUT2D eigenvalue weighted by molar-refractivity contribution is -0.122. The van der Waals surface area contributed by atoms with Crippen molar-refractivity contribution in [1.82, 2.24) is 4.98 Å². The number of aromatic nitrogens is 1. The third-order valence-corrected chi connectivity index (χ3v) is 1.90. The second-order valence-electron chi connectivity index (χ2n) is 3.11. The zero-order valence-corrected chi connectivity index (χ0v) is 7.50. The van der Waals surface area contributed by atoms with E-state index in [4.69, 9.17) is 4.74 Å². The van der Waals surface area contributed by atoms with E-state index in [0.717, 1.165) is 5.56 Å². The second kappa shape index (κ2) is 2.73. The van der Waals surface area contributed by atoms with Crippen LogP contribution < -0.4 is 10.1 Å². The summed E-state index contributed by atoms with van der Waals surface area (Å²) >= 11 is 0. The van der Waals surface area contributed by atoms with Gasteiger partial charge in [-0.05, 0) is 25.5 Å². The molecule has 1 aromatic rings. The number of hydrogen-bond donors (Lipinski definition) is 1. The molecule has 0 spiro atoms. The number of carbonyl (C=O) groups excluding carboxylic acids is 1. The molecule has 1 aliphatic rings. The van der Waals surface area contributed by atoms with Gasteiger partial charge in [-0.2, -0.15) is 0 Å². The molecule has 2 rings (SSSR count). The molecular weight excluding hydrogens is 168 g/mol. The topological polar surface area (TPSA) is 51.2 Å². The number of rotatable bonds is 0. The molecule has 4 nitrogen and oxygen atoms in total. The zero-order chi connectivity index (χ0) is 9.42. The summed E-state index contributed by atoms with van der Waals surface area (Å²) in [6.45, 7) is 3.61. The molecule has 1 atom stereocenters. The Kier molecular flexibility index (Phi) is 1.69. The minimum absolute atomic E-state index is 0.125. The van der Waals surface area contributed by atoms with Crippen LogP contribution in [-0.2, 0) is 4.79 Å². The third kappa shape index (κ3) is 1.35. The molecular formula is C9H10N2O2. The lowest BCUT2D eigenvalue weighted by Crippen LogP contribution is -2.34. The quantitative estimate of drug-likeness (QED) is 0.647. The summed E-state index contributed by atoms with van der Waals surface area (Å²) in [5.74, 6) is 0.373. The number of amides is 1. The normalized spacial score (nSPS) is 20.2. The number of hydrogen-bond acceptors (Lipinski definition) is 3. The van der Waals surface area contributed by atoms with Crippen molar-refractivity contribution < 1.29 is 9.53 Å². The molecule has 0 radical (unpaired) electrons. The zero-order valence-electron chi connectivity index (χ0n) is 7.50. The number of aryl methyl sites for hydroxylation is 1. The fraction of sp³-hybridized carbons (Fsp3) is 0.333. The third-order valence-electron chi connectivity index (χ3n) is 1.90. The SMILES string of the molecule is Cc1cnc2c(c1)NC(=O)C(C)O2. The molecule has 0 saturated heterocycles. The summed E-state index contributed by atoms with van der Waals surface area (Å²) in [6.07, 6.45) is 1.26. The summed E-state index contributed by atoms with van der Waals surface area (Å²) in [7, 11) is 0. The lowest BCUT2D eigenvalue weighted by Gasteiger charge is -2.21. The van der Waals surface area contributed by atoms with Crippen LogP contribution in [-0.4, -0.2) is 17.0 Å². The van der Waals surface area contributed by atoms with Crippen LogP contribution in [0.4, 0.5) is 5.69 Å². The predicted molar refractivity (Wildman–Crippen MR) is 47.7 cm³/mol. The molecule has 0 aromatic carbocycles. The molecule has 13 heavy (non-hydrogen) atoms. The molecule has 1 N–H and O–H groups in total. The van der Waals surface area contributed by atoms with Crippen LogP contribution >= 0.6 is 0 Å². The maximum absolute atomic E-state index is 11.2. The van der Waals surface area contributed by atoms with Crippen molar-refractivity contribution in [3.63, 3.8) is 0 Å². The van der Waals surface area contributed by atoms with Gasteiger partial charge in [-0.1, -0.05) is 0 Å². The first-order valence-electron chi connectivity index (χ1n) is 4.11. The summed E-state index contributed by atoms with van der Waals surface area (Å²) in [6, 6.07) is 1.84. The van der Waals surface area contributed by atoms with Crippen LogP contribution in [0.5, 0.6) is 5.88 Å². The largest absolute Gasteiger partial charge is 0.463 e. The average Bonchev–Trinajstić information content (AvgIpc) is 2.08. The Labute approximate surface area is 75.9 Å². The van der Waals surface area contributed by atoms with Crippen LogP contribution in [0.15, 0.2) is 12.3 Å². The van der Waals surface area contributed by atoms with E-state index in [1.54, 1.807) is 13.1 Å². The number of pyridine rings is 1. The van der Waals surface area contributed by atoms with Gasteiger partial charge in [0.25, 0.3) is 5.91 Å². The maximum atomic E-state index is 11.2. The van der Waals surface area contributed by atoms with Crippen LogP contribution in [0, 0.1) is 6.92 Å². The molecule has 1 aliphatic heterocycles. The van der Waals surface area contributed by atoms with Gasteiger partial charge < -0.3 is 10.1 Å². The van der Waals surface area contributed by atoms with Crippen LogP contribution in [0.1, 0.15) is 12.5 Å². The molecule has 0 aliphatic carbocycles. The summed E-state index contributed by atoms with van der Waals surface area (Å²) in [5, 5.41) is 2.72. The van der Waals surface area contributed by atoms with Gasteiger partial charge in [-0.3, -0.25) is 4.79 Å². The minimum atomic E-state index is -0.456. The van der Waals surface area contributed by atoms with E-state index in [1.807, 2.05) is 13.0 Å². The first kappa shape index (κ1) is 8.04. The summed E-state index contributed by atoms with van der Waals surface area (Å²) in [5.41, 5.74) is 1.65. The van der Waals surface area contributed by atoms with Crippen molar-refractivity contribution in [2.24, 2.45) is 0 Å². The maximum Gasteiger partial charge on any atom is 0.265 e. The Hall–Kier alpha value is -1.58. The minimum Gasteiger partial charge on any atom is -0.463 e. The van der Waals surface area contributed by atoms with Gasteiger partial charge in [0.1, 0.15) is 5.69 Å². The molecule has 0 saturated carbocycles. The van der Waals surface area contributed by atoms with Gasteiger partial charge in [0.05, 0.1) is 0 Å². The lowest BCUT2D eigenvalue weighted by atomic mass is 10.2. The smallest absolute Gasteiger partial charge is 0.265 e. The van der Waals surface area contributed by atoms with Gasteiger partial charge in [0.2, 0.25) is 5.88 Å². The molecule has 1 amide bonds. The first-order chi connectivity index (χ1) is 6.16. The number of ether oxygens (including phenoxy) is 1. The number of anilines is 1. The van der Waals surface area contributed by atoms with Gasteiger partial charge in [-0.15, -0.1) is 0 Å². The Morgan fingerprint density at radius 3 is 3.15 bits per heavy atom. The summed E-state index contributed by atoms with van der Waals surface area (Å²) in [4.78, 5) is 15.3. The van der Waals surface area contributed by atoms with Crippen molar-refractivity contribution in [1.29, 1.82) is 0 Å². The van der Waals surface area contributed by atoms with Gasteiger partial charge in [0.15, 0.2) is 6.10 Å². The first-order valence-corrected chi connectivity index (χ1v) is 4.11. The molecule has 2 heterocycles. The Bertz CT molecular complexity index is 363. The van der Waals surface area contributed by atoms with Crippen molar-refractivity contribution >= 4 is 11.6 Å². The Morgan fingerprint density at radius 1 is 1.62 bits per heavy atom. The van der Waals surface area contributed by atoms with Crippen molar-refractivity contribution in [2.75, 3.05) is 5.32 Å². The highest BCUT2D eigenvalue weighted by Gasteiger charge is 2.24. The molecule has 0 fully saturated rings. The molecule has 68 valence electrons.